The molecule has 1 unspecified atom stereocenters. The van der Waals surface area contributed by atoms with E-state index in [2.05, 4.69) is 9.55 Å². The zero-order chi connectivity index (χ0) is 14.9. The third-order valence-electron chi connectivity index (χ3n) is 4.06. The molecule has 0 bridgehead atoms. The maximum absolute atomic E-state index is 10.0. The molecular formula is C17H17N3O2. The second kappa shape index (κ2) is 5.42. The fourth-order valence-corrected chi connectivity index (χ4v) is 3.00. The van der Waals surface area contributed by atoms with Crippen molar-refractivity contribution in [3.8, 4) is 5.75 Å². The van der Waals surface area contributed by atoms with Gasteiger partial charge in [0.15, 0.2) is 5.65 Å². The number of fused-ring (bicyclic) bond motifs is 1. The van der Waals surface area contributed by atoms with Crippen molar-refractivity contribution in [3.63, 3.8) is 0 Å². The molecule has 1 fully saturated rings. The summed E-state index contributed by atoms with van der Waals surface area (Å²) in [7, 11) is 0. The fraction of sp³-hybridized carbons (Fsp3) is 0.294. The van der Waals surface area contributed by atoms with Gasteiger partial charge in [0, 0.05) is 24.8 Å². The molecule has 112 valence electrons. The van der Waals surface area contributed by atoms with Crippen molar-refractivity contribution >= 4 is 11.2 Å². The Morgan fingerprint density at radius 2 is 2.14 bits per heavy atom. The Hall–Kier alpha value is -2.40. The highest BCUT2D eigenvalue weighted by Crippen LogP contribution is 2.30. The highest BCUT2D eigenvalue weighted by molar-refractivity contribution is 5.71. The quantitative estimate of drug-likeness (QED) is 0.807. The first kappa shape index (κ1) is 13.3. The molecule has 1 N–H and O–H groups in total. The number of phenols is 1. The van der Waals surface area contributed by atoms with Crippen LogP contribution in [0.2, 0.25) is 0 Å². The van der Waals surface area contributed by atoms with E-state index >= 15 is 0 Å². The smallest absolute Gasteiger partial charge is 0.162 e. The predicted molar refractivity (Wildman–Crippen MR) is 82.7 cm³/mol. The van der Waals surface area contributed by atoms with Crippen LogP contribution >= 0.6 is 0 Å². The van der Waals surface area contributed by atoms with Crippen molar-refractivity contribution in [2.75, 3.05) is 6.61 Å². The van der Waals surface area contributed by atoms with E-state index in [1.54, 1.807) is 12.3 Å². The van der Waals surface area contributed by atoms with E-state index in [-0.39, 0.29) is 6.23 Å². The Morgan fingerprint density at radius 3 is 2.95 bits per heavy atom. The van der Waals surface area contributed by atoms with Crippen LogP contribution in [0.25, 0.3) is 11.2 Å². The summed E-state index contributed by atoms with van der Waals surface area (Å²) in [5.41, 5.74) is 2.57. The fourth-order valence-electron chi connectivity index (χ4n) is 3.00. The minimum Gasteiger partial charge on any atom is -0.508 e. The second-order valence-corrected chi connectivity index (χ2v) is 5.52. The van der Waals surface area contributed by atoms with Crippen LogP contribution in [0.4, 0.5) is 0 Å². The van der Waals surface area contributed by atoms with Gasteiger partial charge < -0.3 is 9.84 Å². The van der Waals surface area contributed by atoms with E-state index in [9.17, 15) is 5.11 Å². The Balaban J connectivity index is 1.82. The van der Waals surface area contributed by atoms with Gasteiger partial charge in [-0.3, -0.25) is 4.57 Å². The first-order chi connectivity index (χ1) is 10.8. The minimum atomic E-state index is -0.0132. The van der Waals surface area contributed by atoms with E-state index in [0.29, 0.717) is 12.2 Å². The molecule has 4 rings (SSSR count). The van der Waals surface area contributed by atoms with Crippen LogP contribution in [0.1, 0.15) is 30.5 Å². The molecule has 5 nitrogen and oxygen atoms in total. The number of hydrogen-bond donors (Lipinski definition) is 1. The molecule has 0 saturated carbocycles. The summed E-state index contributed by atoms with van der Waals surface area (Å²) in [4.78, 5) is 9.17. The van der Waals surface area contributed by atoms with E-state index < -0.39 is 0 Å². The van der Waals surface area contributed by atoms with Crippen molar-refractivity contribution in [2.24, 2.45) is 0 Å². The molecule has 1 aromatic carbocycles. The van der Waals surface area contributed by atoms with Crippen molar-refractivity contribution < 1.29 is 9.84 Å². The van der Waals surface area contributed by atoms with Gasteiger partial charge in [0.25, 0.3) is 0 Å². The summed E-state index contributed by atoms with van der Waals surface area (Å²) < 4.78 is 7.91. The van der Waals surface area contributed by atoms with Gasteiger partial charge in [-0.05, 0) is 31.0 Å². The van der Waals surface area contributed by atoms with E-state index in [4.69, 9.17) is 9.72 Å². The first-order valence-corrected chi connectivity index (χ1v) is 7.53. The molecule has 0 aliphatic carbocycles. The van der Waals surface area contributed by atoms with Gasteiger partial charge in [-0.25, -0.2) is 9.97 Å². The SMILES string of the molecule is Oc1ccccc1Cc1nc2cccnc2n1C1CCCO1. The largest absolute Gasteiger partial charge is 0.508 e. The summed E-state index contributed by atoms with van der Waals surface area (Å²) >= 11 is 0. The number of para-hydroxylation sites is 1. The molecule has 0 amide bonds. The number of nitrogens with zero attached hydrogens (tertiary/aromatic N) is 3. The first-order valence-electron chi connectivity index (χ1n) is 7.53. The molecule has 3 aromatic rings. The molecule has 3 heterocycles. The molecule has 1 atom stereocenters. The van der Waals surface area contributed by atoms with Gasteiger partial charge in [0.1, 0.15) is 23.3 Å². The second-order valence-electron chi connectivity index (χ2n) is 5.52. The normalized spacial score (nSPS) is 18.1. The van der Waals surface area contributed by atoms with Crippen molar-refractivity contribution in [1.82, 2.24) is 14.5 Å². The maximum Gasteiger partial charge on any atom is 0.162 e. The van der Waals surface area contributed by atoms with Crippen LogP contribution in [-0.2, 0) is 11.2 Å². The van der Waals surface area contributed by atoms with Gasteiger partial charge in [0.05, 0.1) is 0 Å². The summed E-state index contributed by atoms with van der Waals surface area (Å²) in [6.07, 6.45) is 4.34. The molecule has 0 radical (unpaired) electrons. The number of aromatic nitrogens is 3. The van der Waals surface area contributed by atoms with E-state index in [1.165, 1.54) is 0 Å². The average Bonchev–Trinajstić information content (AvgIpc) is 3.16. The molecule has 5 heteroatoms. The summed E-state index contributed by atoms with van der Waals surface area (Å²) in [5.74, 6) is 1.17. The standard InChI is InChI=1S/C17H17N3O2/c21-14-7-2-1-5-12(14)11-15-19-13-6-3-9-18-17(13)20(15)16-8-4-10-22-16/h1-3,5-7,9,16,21H,4,8,10-11H2. The van der Waals surface area contributed by atoms with Gasteiger partial charge in [0.2, 0.25) is 0 Å². The van der Waals surface area contributed by atoms with Crippen LogP contribution in [-0.4, -0.2) is 26.2 Å². The Kier molecular flexibility index (Phi) is 3.27. The lowest BCUT2D eigenvalue weighted by atomic mass is 10.1. The molecule has 2 aromatic heterocycles. The summed E-state index contributed by atoms with van der Waals surface area (Å²) in [6, 6.07) is 11.2. The minimum absolute atomic E-state index is 0.0132. The summed E-state index contributed by atoms with van der Waals surface area (Å²) in [6.45, 7) is 0.771. The number of ether oxygens (including phenoxy) is 1. The van der Waals surface area contributed by atoms with Crippen LogP contribution in [0.15, 0.2) is 42.6 Å². The van der Waals surface area contributed by atoms with E-state index in [1.807, 2.05) is 30.3 Å². The van der Waals surface area contributed by atoms with Gasteiger partial charge in [-0.1, -0.05) is 18.2 Å². The van der Waals surface area contributed by atoms with Crippen LogP contribution in [0.3, 0.4) is 0 Å². The van der Waals surface area contributed by atoms with Gasteiger partial charge in [-0.15, -0.1) is 0 Å². The number of hydrogen-bond acceptors (Lipinski definition) is 4. The lowest BCUT2D eigenvalue weighted by molar-refractivity contribution is 0.0573. The number of pyridine rings is 1. The highest BCUT2D eigenvalue weighted by Gasteiger charge is 2.24. The number of phenolic OH excluding ortho intramolecular Hbond substituents is 1. The Labute approximate surface area is 128 Å². The lowest BCUT2D eigenvalue weighted by Gasteiger charge is -2.15. The monoisotopic (exact) mass is 295 g/mol. The predicted octanol–water partition coefficient (Wildman–Crippen LogP) is 3.04. The number of benzene rings is 1. The number of rotatable bonds is 3. The van der Waals surface area contributed by atoms with Gasteiger partial charge in [-0.2, -0.15) is 0 Å². The highest BCUT2D eigenvalue weighted by atomic mass is 16.5. The molecule has 1 aliphatic rings. The van der Waals surface area contributed by atoms with Crippen LogP contribution in [0, 0.1) is 0 Å². The van der Waals surface area contributed by atoms with Crippen LogP contribution < -0.4 is 0 Å². The molecule has 1 saturated heterocycles. The zero-order valence-electron chi connectivity index (χ0n) is 12.1. The van der Waals surface area contributed by atoms with Gasteiger partial charge >= 0.3 is 0 Å². The molecular weight excluding hydrogens is 278 g/mol. The number of aromatic hydroxyl groups is 1. The van der Waals surface area contributed by atoms with E-state index in [0.717, 1.165) is 42.0 Å². The Morgan fingerprint density at radius 1 is 1.23 bits per heavy atom. The zero-order valence-corrected chi connectivity index (χ0v) is 12.1. The topological polar surface area (TPSA) is 60.2 Å². The number of imidazole rings is 1. The molecule has 22 heavy (non-hydrogen) atoms. The third-order valence-corrected chi connectivity index (χ3v) is 4.06. The third kappa shape index (κ3) is 2.23. The summed E-state index contributed by atoms with van der Waals surface area (Å²) in [5, 5.41) is 10.0. The van der Waals surface area contributed by atoms with Crippen molar-refractivity contribution in [3.05, 3.63) is 54.0 Å². The van der Waals surface area contributed by atoms with Crippen molar-refractivity contribution in [2.45, 2.75) is 25.5 Å². The average molecular weight is 295 g/mol. The molecule has 0 spiro atoms. The van der Waals surface area contributed by atoms with Crippen molar-refractivity contribution in [1.29, 1.82) is 0 Å². The van der Waals surface area contributed by atoms with Crippen LogP contribution in [0.5, 0.6) is 5.75 Å². The molecule has 1 aliphatic heterocycles. The Bertz CT molecular complexity index is 807. The maximum atomic E-state index is 10.0. The lowest BCUT2D eigenvalue weighted by Crippen LogP contribution is -2.12.